The first-order valence-corrected chi connectivity index (χ1v) is 6.74. The number of halogens is 1. The molecule has 3 nitrogen and oxygen atoms in total. The van der Waals surface area contributed by atoms with Crippen molar-refractivity contribution in [2.45, 2.75) is 10.9 Å². The van der Waals surface area contributed by atoms with E-state index in [4.69, 9.17) is 0 Å². The van der Waals surface area contributed by atoms with Crippen molar-refractivity contribution in [1.29, 1.82) is 0 Å². The quantitative estimate of drug-likeness (QED) is 0.792. The van der Waals surface area contributed by atoms with Gasteiger partial charge in [0.25, 0.3) is 5.91 Å². The molecule has 1 saturated heterocycles. The number of rotatable bonds is 1. The molecule has 2 aliphatic rings. The largest absolute Gasteiger partial charge is 0.329 e. The van der Waals surface area contributed by atoms with Gasteiger partial charge in [-0.25, -0.2) is 0 Å². The number of amides is 1. The van der Waals surface area contributed by atoms with Crippen molar-refractivity contribution in [3.05, 3.63) is 29.3 Å². The van der Waals surface area contributed by atoms with E-state index in [2.05, 4.69) is 17.4 Å². The predicted molar refractivity (Wildman–Crippen MR) is 72.1 cm³/mol. The highest BCUT2D eigenvalue weighted by Crippen LogP contribution is 2.38. The molecule has 0 radical (unpaired) electrons. The molecule has 5 heteroatoms. The van der Waals surface area contributed by atoms with Crippen LogP contribution < -0.4 is 5.32 Å². The van der Waals surface area contributed by atoms with Gasteiger partial charge in [0.1, 0.15) is 0 Å². The number of nitrogens with zero attached hydrogens (tertiary/aromatic N) is 1. The molecule has 0 spiro atoms. The Bertz CT molecular complexity index is 452. The molecular weight excluding hydrogens is 256 g/mol. The zero-order valence-electron chi connectivity index (χ0n) is 9.60. The monoisotopic (exact) mass is 270 g/mol. The van der Waals surface area contributed by atoms with E-state index in [-0.39, 0.29) is 24.4 Å². The van der Waals surface area contributed by atoms with Crippen LogP contribution in [0, 0.1) is 0 Å². The standard InChI is InChI=1S/C12H14N2OS.ClH/c1-16-10-4-2-3-8-9-7-13-5-6-14(9)12(15)11(8)10;/h2-4,9,13H,5-7H2,1H3;1H/t9-;/m0./s1. The minimum atomic E-state index is 0. The van der Waals surface area contributed by atoms with Crippen LogP contribution in [0.2, 0.25) is 0 Å². The van der Waals surface area contributed by atoms with E-state index >= 15 is 0 Å². The molecule has 0 unspecified atom stereocenters. The lowest BCUT2D eigenvalue weighted by atomic mass is 10.0. The Morgan fingerprint density at radius 1 is 1.47 bits per heavy atom. The number of benzene rings is 1. The van der Waals surface area contributed by atoms with Crippen molar-refractivity contribution >= 4 is 30.1 Å². The van der Waals surface area contributed by atoms with Gasteiger partial charge in [-0.3, -0.25) is 4.79 Å². The average molecular weight is 271 g/mol. The van der Waals surface area contributed by atoms with Crippen molar-refractivity contribution in [1.82, 2.24) is 10.2 Å². The smallest absolute Gasteiger partial charge is 0.255 e. The van der Waals surface area contributed by atoms with Crippen LogP contribution in [-0.2, 0) is 0 Å². The molecule has 17 heavy (non-hydrogen) atoms. The highest BCUT2D eigenvalue weighted by molar-refractivity contribution is 7.98. The maximum Gasteiger partial charge on any atom is 0.255 e. The van der Waals surface area contributed by atoms with Gasteiger partial charge in [-0.1, -0.05) is 12.1 Å². The van der Waals surface area contributed by atoms with E-state index in [0.717, 1.165) is 30.1 Å². The van der Waals surface area contributed by atoms with Crippen LogP contribution in [0.5, 0.6) is 0 Å². The molecule has 2 heterocycles. The molecule has 1 aromatic rings. The Morgan fingerprint density at radius 2 is 2.29 bits per heavy atom. The maximum atomic E-state index is 12.3. The van der Waals surface area contributed by atoms with Crippen molar-refractivity contribution in [2.24, 2.45) is 0 Å². The molecule has 92 valence electrons. The first-order chi connectivity index (χ1) is 7.83. The molecule has 1 N–H and O–H groups in total. The summed E-state index contributed by atoms with van der Waals surface area (Å²) in [5.41, 5.74) is 2.13. The number of thioether (sulfide) groups is 1. The molecule has 2 aliphatic heterocycles. The molecular formula is C12H15ClN2OS. The van der Waals surface area contributed by atoms with Gasteiger partial charge in [-0.05, 0) is 17.9 Å². The SMILES string of the molecule is CSc1cccc2c1C(=O)N1CCNC[C@@H]21.Cl. The molecule has 0 aliphatic carbocycles. The van der Waals surface area contributed by atoms with Crippen molar-refractivity contribution in [3.63, 3.8) is 0 Å². The number of fused-ring (bicyclic) bond motifs is 3. The lowest BCUT2D eigenvalue weighted by molar-refractivity contribution is 0.0689. The van der Waals surface area contributed by atoms with E-state index in [1.54, 1.807) is 11.8 Å². The molecule has 1 aromatic carbocycles. The summed E-state index contributed by atoms with van der Waals surface area (Å²) in [6, 6.07) is 6.43. The number of hydrogen-bond donors (Lipinski definition) is 1. The zero-order chi connectivity index (χ0) is 11.1. The molecule has 3 rings (SSSR count). The fraction of sp³-hybridized carbons (Fsp3) is 0.417. The number of nitrogens with one attached hydrogen (secondary N) is 1. The molecule has 1 atom stereocenters. The fourth-order valence-electron chi connectivity index (χ4n) is 2.59. The molecule has 0 bridgehead atoms. The van der Waals surface area contributed by atoms with Gasteiger partial charge in [-0.15, -0.1) is 24.2 Å². The lowest BCUT2D eigenvalue weighted by Crippen LogP contribution is -2.44. The number of piperazine rings is 1. The summed E-state index contributed by atoms with van der Waals surface area (Å²) >= 11 is 1.66. The van der Waals surface area contributed by atoms with Crippen LogP contribution in [0.25, 0.3) is 0 Å². The van der Waals surface area contributed by atoms with Gasteiger partial charge < -0.3 is 10.2 Å². The van der Waals surface area contributed by atoms with Gasteiger partial charge in [-0.2, -0.15) is 0 Å². The van der Waals surface area contributed by atoms with Crippen LogP contribution in [0.1, 0.15) is 22.0 Å². The summed E-state index contributed by atoms with van der Waals surface area (Å²) in [6.45, 7) is 2.62. The zero-order valence-corrected chi connectivity index (χ0v) is 11.2. The van der Waals surface area contributed by atoms with Crippen LogP contribution >= 0.6 is 24.2 Å². The van der Waals surface area contributed by atoms with E-state index in [1.165, 1.54) is 5.56 Å². The van der Waals surface area contributed by atoms with Crippen LogP contribution in [0.15, 0.2) is 23.1 Å². The second-order valence-electron chi connectivity index (χ2n) is 4.14. The second kappa shape index (κ2) is 4.88. The minimum Gasteiger partial charge on any atom is -0.329 e. The van der Waals surface area contributed by atoms with Crippen molar-refractivity contribution in [3.8, 4) is 0 Å². The third-order valence-corrected chi connectivity index (χ3v) is 4.14. The Kier molecular flexibility index (Phi) is 3.66. The number of carbonyl (C=O) groups excluding carboxylic acids is 1. The van der Waals surface area contributed by atoms with Gasteiger partial charge in [0.15, 0.2) is 0 Å². The summed E-state index contributed by atoms with van der Waals surface area (Å²) in [7, 11) is 0. The highest BCUT2D eigenvalue weighted by Gasteiger charge is 2.39. The molecule has 1 amide bonds. The summed E-state index contributed by atoms with van der Waals surface area (Å²) in [4.78, 5) is 15.4. The van der Waals surface area contributed by atoms with E-state index in [0.29, 0.717) is 0 Å². The van der Waals surface area contributed by atoms with Gasteiger partial charge >= 0.3 is 0 Å². The molecule has 0 aromatic heterocycles. The van der Waals surface area contributed by atoms with E-state index in [1.807, 2.05) is 17.2 Å². The minimum absolute atomic E-state index is 0. The molecule has 1 fully saturated rings. The summed E-state index contributed by atoms with van der Waals surface area (Å²) in [5, 5.41) is 3.35. The van der Waals surface area contributed by atoms with Crippen LogP contribution in [0.4, 0.5) is 0 Å². The summed E-state index contributed by atoms with van der Waals surface area (Å²) in [6.07, 6.45) is 2.03. The maximum absolute atomic E-state index is 12.3. The van der Waals surface area contributed by atoms with Crippen molar-refractivity contribution in [2.75, 3.05) is 25.9 Å². The topological polar surface area (TPSA) is 32.3 Å². The Labute approximate surface area is 111 Å². The summed E-state index contributed by atoms with van der Waals surface area (Å²) in [5.74, 6) is 0.214. The normalized spacial score (nSPS) is 21.8. The predicted octanol–water partition coefficient (Wildman–Crippen LogP) is 1.93. The lowest BCUT2D eigenvalue weighted by Gasteiger charge is -2.30. The van der Waals surface area contributed by atoms with Crippen LogP contribution in [-0.4, -0.2) is 36.7 Å². The van der Waals surface area contributed by atoms with Gasteiger partial charge in [0, 0.05) is 24.5 Å². The Hall–Kier alpha value is -0.710. The van der Waals surface area contributed by atoms with E-state index in [9.17, 15) is 4.79 Å². The first kappa shape index (κ1) is 12.7. The highest BCUT2D eigenvalue weighted by atomic mass is 35.5. The van der Waals surface area contributed by atoms with Crippen LogP contribution in [0.3, 0.4) is 0 Å². The number of carbonyl (C=O) groups is 1. The molecule has 0 saturated carbocycles. The fourth-order valence-corrected chi connectivity index (χ4v) is 3.22. The van der Waals surface area contributed by atoms with Crippen molar-refractivity contribution < 1.29 is 4.79 Å². The van der Waals surface area contributed by atoms with Gasteiger partial charge in [0.05, 0.1) is 11.6 Å². The van der Waals surface area contributed by atoms with Gasteiger partial charge in [0.2, 0.25) is 0 Å². The second-order valence-corrected chi connectivity index (χ2v) is 4.99. The third-order valence-electron chi connectivity index (χ3n) is 3.36. The first-order valence-electron chi connectivity index (χ1n) is 5.51. The number of hydrogen-bond acceptors (Lipinski definition) is 3. The third kappa shape index (κ3) is 1.84. The summed E-state index contributed by atoms with van der Waals surface area (Å²) < 4.78 is 0. The Morgan fingerprint density at radius 3 is 3.06 bits per heavy atom. The Balaban J connectivity index is 0.00000108. The van der Waals surface area contributed by atoms with E-state index < -0.39 is 0 Å². The average Bonchev–Trinajstić information content (AvgIpc) is 2.64.